The first kappa shape index (κ1) is 14.1. The Morgan fingerprint density at radius 3 is 2.37 bits per heavy atom. The number of carbonyl (C=O) groups excluding carboxylic acids is 1. The van der Waals surface area contributed by atoms with Gasteiger partial charge >= 0.3 is 0 Å². The van der Waals surface area contributed by atoms with Crippen molar-refractivity contribution in [2.75, 3.05) is 18.0 Å². The van der Waals surface area contributed by atoms with Crippen LogP contribution in [0.1, 0.15) is 50.4 Å². The molecule has 2 nitrogen and oxygen atoms in total. The summed E-state index contributed by atoms with van der Waals surface area (Å²) in [6, 6.07) is 7.96. The predicted octanol–water partition coefficient (Wildman–Crippen LogP) is 4.15. The normalized spacial score (nSPS) is 21.0. The van der Waals surface area contributed by atoms with Crippen LogP contribution in [0.25, 0.3) is 0 Å². The zero-order valence-electron chi connectivity index (χ0n) is 12.4. The molecule has 0 aromatic heterocycles. The van der Waals surface area contributed by atoms with Crippen molar-refractivity contribution in [3.05, 3.63) is 29.8 Å². The summed E-state index contributed by atoms with van der Waals surface area (Å²) in [5.74, 6) is 0.812. The summed E-state index contributed by atoms with van der Waals surface area (Å²) in [6.45, 7) is 9.32. The van der Waals surface area contributed by atoms with Gasteiger partial charge in [-0.1, -0.05) is 20.8 Å². The minimum atomic E-state index is 0.414. The average Bonchev–Trinajstić information content (AvgIpc) is 2.64. The minimum Gasteiger partial charge on any atom is -0.372 e. The van der Waals surface area contributed by atoms with Gasteiger partial charge in [0.25, 0.3) is 0 Å². The van der Waals surface area contributed by atoms with Crippen molar-refractivity contribution in [3.63, 3.8) is 0 Å². The molecule has 0 spiro atoms. The third kappa shape index (κ3) is 3.59. The zero-order valence-corrected chi connectivity index (χ0v) is 12.4. The molecule has 1 saturated heterocycles. The fourth-order valence-electron chi connectivity index (χ4n) is 2.98. The highest BCUT2D eigenvalue weighted by Crippen LogP contribution is 2.35. The number of rotatable bonds is 2. The Labute approximate surface area is 116 Å². The Morgan fingerprint density at radius 2 is 1.79 bits per heavy atom. The summed E-state index contributed by atoms with van der Waals surface area (Å²) in [5.41, 5.74) is 2.42. The molecule has 1 aromatic rings. The van der Waals surface area contributed by atoms with Crippen LogP contribution in [0.4, 0.5) is 5.69 Å². The van der Waals surface area contributed by atoms with E-state index in [-0.39, 0.29) is 0 Å². The highest BCUT2D eigenvalue weighted by molar-refractivity contribution is 5.75. The summed E-state index contributed by atoms with van der Waals surface area (Å²) >= 11 is 0. The monoisotopic (exact) mass is 259 g/mol. The molecule has 1 heterocycles. The van der Waals surface area contributed by atoms with Gasteiger partial charge in [-0.3, -0.25) is 4.79 Å². The second kappa shape index (κ2) is 5.77. The number of hydrogen-bond acceptors (Lipinski definition) is 2. The molecule has 2 heteroatoms. The number of benzene rings is 1. The molecule has 0 saturated carbocycles. The van der Waals surface area contributed by atoms with Gasteiger partial charge in [0, 0.05) is 24.3 Å². The topological polar surface area (TPSA) is 20.3 Å². The van der Waals surface area contributed by atoms with E-state index in [1.165, 1.54) is 24.9 Å². The van der Waals surface area contributed by atoms with Crippen molar-refractivity contribution < 1.29 is 4.79 Å². The molecule has 1 unspecified atom stereocenters. The van der Waals surface area contributed by atoms with Crippen LogP contribution >= 0.6 is 0 Å². The molecule has 104 valence electrons. The van der Waals surface area contributed by atoms with Gasteiger partial charge in [-0.05, 0) is 54.9 Å². The summed E-state index contributed by atoms with van der Waals surface area (Å²) in [6.07, 6.45) is 4.75. The molecule has 0 amide bonds. The molecule has 0 N–H and O–H groups in total. The van der Waals surface area contributed by atoms with E-state index in [4.69, 9.17) is 0 Å². The number of hydrogen-bond donors (Lipinski definition) is 0. The molecular weight excluding hydrogens is 234 g/mol. The van der Waals surface area contributed by atoms with Crippen LogP contribution in [0.2, 0.25) is 0 Å². The van der Waals surface area contributed by atoms with Crippen molar-refractivity contribution in [2.24, 2.45) is 11.3 Å². The molecule has 0 aliphatic carbocycles. The van der Waals surface area contributed by atoms with Crippen LogP contribution in [0.15, 0.2) is 24.3 Å². The van der Waals surface area contributed by atoms with Crippen molar-refractivity contribution >= 4 is 12.0 Å². The average molecular weight is 259 g/mol. The minimum absolute atomic E-state index is 0.414. The lowest BCUT2D eigenvalue weighted by Gasteiger charge is -2.30. The fourth-order valence-corrected chi connectivity index (χ4v) is 2.98. The third-order valence-corrected chi connectivity index (χ3v) is 4.35. The van der Waals surface area contributed by atoms with E-state index >= 15 is 0 Å². The summed E-state index contributed by atoms with van der Waals surface area (Å²) < 4.78 is 0. The van der Waals surface area contributed by atoms with Crippen molar-refractivity contribution in [3.8, 4) is 0 Å². The Bertz CT molecular complexity index is 416. The van der Waals surface area contributed by atoms with E-state index in [1.807, 2.05) is 12.1 Å². The van der Waals surface area contributed by atoms with E-state index in [0.29, 0.717) is 5.41 Å². The van der Waals surface area contributed by atoms with Crippen molar-refractivity contribution in [2.45, 2.75) is 40.0 Å². The highest BCUT2D eigenvalue weighted by Gasteiger charge is 2.26. The van der Waals surface area contributed by atoms with Crippen LogP contribution < -0.4 is 4.90 Å². The molecule has 1 atom stereocenters. The van der Waals surface area contributed by atoms with Gasteiger partial charge in [0.2, 0.25) is 0 Å². The van der Waals surface area contributed by atoms with Crippen LogP contribution in [0, 0.1) is 11.3 Å². The largest absolute Gasteiger partial charge is 0.372 e. The van der Waals surface area contributed by atoms with Crippen LogP contribution in [-0.4, -0.2) is 19.4 Å². The molecular formula is C17H25NO. The molecule has 19 heavy (non-hydrogen) atoms. The van der Waals surface area contributed by atoms with Crippen molar-refractivity contribution in [1.29, 1.82) is 0 Å². The van der Waals surface area contributed by atoms with Gasteiger partial charge < -0.3 is 4.90 Å². The van der Waals surface area contributed by atoms with Gasteiger partial charge in [0.1, 0.15) is 6.29 Å². The van der Waals surface area contributed by atoms with Crippen molar-refractivity contribution in [1.82, 2.24) is 0 Å². The molecule has 2 rings (SSSR count). The van der Waals surface area contributed by atoms with Gasteiger partial charge in [0.05, 0.1) is 0 Å². The lowest BCUT2D eigenvalue weighted by atomic mass is 9.77. The molecule has 1 aromatic carbocycles. The van der Waals surface area contributed by atoms with Gasteiger partial charge in [-0.25, -0.2) is 0 Å². The van der Waals surface area contributed by atoms with Crippen LogP contribution in [-0.2, 0) is 0 Å². The first-order chi connectivity index (χ1) is 9.00. The zero-order chi connectivity index (χ0) is 13.9. The second-order valence-electron chi connectivity index (χ2n) is 6.69. The Morgan fingerprint density at radius 1 is 1.11 bits per heavy atom. The Balaban J connectivity index is 2.04. The summed E-state index contributed by atoms with van der Waals surface area (Å²) in [5, 5.41) is 0. The van der Waals surface area contributed by atoms with E-state index in [9.17, 15) is 4.79 Å². The number of anilines is 1. The smallest absolute Gasteiger partial charge is 0.150 e. The summed E-state index contributed by atoms with van der Waals surface area (Å²) in [4.78, 5) is 13.1. The molecule has 1 aliphatic heterocycles. The van der Waals surface area contributed by atoms with Gasteiger partial charge in [0.15, 0.2) is 0 Å². The van der Waals surface area contributed by atoms with E-state index in [0.717, 1.165) is 30.9 Å². The standard InChI is InChI=1S/C17H25NO/c1-17(2,3)15-5-4-11-18(12-10-15)16-8-6-14(13-19)7-9-16/h6-9,13,15H,4-5,10-12H2,1-3H3. The molecule has 1 aliphatic rings. The third-order valence-electron chi connectivity index (χ3n) is 4.35. The quantitative estimate of drug-likeness (QED) is 0.744. The van der Waals surface area contributed by atoms with Gasteiger partial charge in [-0.15, -0.1) is 0 Å². The Kier molecular flexibility index (Phi) is 4.28. The highest BCUT2D eigenvalue weighted by atomic mass is 16.1. The van der Waals surface area contributed by atoms with Gasteiger partial charge in [-0.2, -0.15) is 0 Å². The maximum atomic E-state index is 10.7. The molecule has 0 radical (unpaired) electrons. The van der Waals surface area contributed by atoms with Crippen LogP contribution in [0.3, 0.4) is 0 Å². The van der Waals surface area contributed by atoms with E-state index in [1.54, 1.807) is 0 Å². The van der Waals surface area contributed by atoms with E-state index in [2.05, 4.69) is 37.8 Å². The maximum Gasteiger partial charge on any atom is 0.150 e. The lowest BCUT2D eigenvalue weighted by molar-refractivity contribution is 0.112. The second-order valence-corrected chi connectivity index (χ2v) is 6.69. The number of nitrogens with zero attached hydrogens (tertiary/aromatic N) is 1. The SMILES string of the molecule is CC(C)(C)C1CCCN(c2ccc(C=O)cc2)CC1. The van der Waals surface area contributed by atoms with E-state index < -0.39 is 0 Å². The maximum absolute atomic E-state index is 10.7. The first-order valence-corrected chi connectivity index (χ1v) is 7.31. The Hall–Kier alpha value is -1.31. The molecule has 1 fully saturated rings. The first-order valence-electron chi connectivity index (χ1n) is 7.31. The predicted molar refractivity (Wildman–Crippen MR) is 80.8 cm³/mol. The number of carbonyl (C=O) groups is 1. The molecule has 0 bridgehead atoms. The lowest BCUT2D eigenvalue weighted by Crippen LogP contribution is -2.26. The van der Waals surface area contributed by atoms with Crippen LogP contribution in [0.5, 0.6) is 0 Å². The summed E-state index contributed by atoms with van der Waals surface area (Å²) in [7, 11) is 0. The fraction of sp³-hybridized carbons (Fsp3) is 0.588. The number of aldehydes is 1.